The topological polar surface area (TPSA) is 50.2 Å². The molecule has 1 amide bonds. The Kier molecular flexibility index (Phi) is 4.70. The third-order valence-corrected chi connectivity index (χ3v) is 5.62. The maximum absolute atomic E-state index is 13.2. The van der Waals surface area contributed by atoms with Gasteiger partial charge in [-0.15, -0.1) is 12.4 Å². The molecule has 3 aliphatic rings. The highest BCUT2D eigenvalue weighted by Gasteiger charge is 2.46. The second kappa shape index (κ2) is 6.44. The molecule has 1 N–H and O–H groups in total. The van der Waals surface area contributed by atoms with Crippen LogP contribution in [-0.2, 0) is 11.8 Å². The van der Waals surface area contributed by atoms with E-state index in [2.05, 4.69) is 28.4 Å². The van der Waals surface area contributed by atoms with E-state index in [-0.39, 0.29) is 24.2 Å². The lowest BCUT2D eigenvalue weighted by Gasteiger charge is -2.33. The van der Waals surface area contributed by atoms with Gasteiger partial charge < -0.3 is 10.2 Å². The third-order valence-electron chi connectivity index (χ3n) is 5.62. The number of amides is 1. The molecule has 0 aromatic carbocycles. The lowest BCUT2D eigenvalue weighted by Crippen LogP contribution is -2.46. The predicted molar refractivity (Wildman–Crippen MR) is 91.6 cm³/mol. The molecule has 1 unspecified atom stereocenters. The Morgan fingerprint density at radius 3 is 2.65 bits per heavy atom. The second-order valence-corrected chi connectivity index (χ2v) is 7.37. The Labute approximate surface area is 144 Å². The molecule has 4 rings (SSSR count). The smallest absolute Gasteiger partial charge is 0.228 e. The van der Waals surface area contributed by atoms with Gasteiger partial charge in [0.15, 0.2) is 0 Å². The summed E-state index contributed by atoms with van der Waals surface area (Å²) in [6, 6.07) is 0.938. The molecule has 128 valence electrons. The molecule has 2 aliphatic carbocycles. The average molecular weight is 339 g/mol. The van der Waals surface area contributed by atoms with Gasteiger partial charge in [-0.2, -0.15) is 5.10 Å². The first-order valence-corrected chi connectivity index (χ1v) is 8.66. The van der Waals surface area contributed by atoms with Crippen LogP contribution in [0.1, 0.15) is 44.1 Å². The summed E-state index contributed by atoms with van der Waals surface area (Å²) in [5, 5.41) is 7.71. The summed E-state index contributed by atoms with van der Waals surface area (Å²) >= 11 is 0. The standard InChI is InChI=1S/C17H26N4O.ClH/c1-11(12-3-4-12)21(14-5-6-14)17(22)16-9-18-8-15(16)13-7-19-20(2)10-13;/h7,10-12,14-16,18H,3-6,8-9H2,1-2H3;1H/t11?,15-,16+;/m1./s1. The van der Waals surface area contributed by atoms with E-state index in [1.807, 2.05) is 17.9 Å². The zero-order chi connectivity index (χ0) is 15.3. The summed E-state index contributed by atoms with van der Waals surface area (Å²) in [6.07, 6.45) is 8.97. The van der Waals surface area contributed by atoms with Gasteiger partial charge in [0.1, 0.15) is 0 Å². The number of rotatable bonds is 5. The highest BCUT2D eigenvalue weighted by Crippen LogP contribution is 2.41. The van der Waals surface area contributed by atoms with Crippen LogP contribution in [0.15, 0.2) is 12.4 Å². The van der Waals surface area contributed by atoms with Gasteiger partial charge in [-0.05, 0) is 44.1 Å². The lowest BCUT2D eigenvalue weighted by atomic mass is 9.89. The number of hydrogen-bond donors (Lipinski definition) is 1. The predicted octanol–water partition coefficient (Wildman–Crippen LogP) is 1.93. The zero-order valence-corrected chi connectivity index (χ0v) is 14.8. The van der Waals surface area contributed by atoms with E-state index in [0.29, 0.717) is 18.0 Å². The van der Waals surface area contributed by atoms with Crippen molar-refractivity contribution in [3.63, 3.8) is 0 Å². The van der Waals surface area contributed by atoms with Crippen molar-refractivity contribution in [3.8, 4) is 0 Å². The Morgan fingerprint density at radius 1 is 1.35 bits per heavy atom. The van der Waals surface area contributed by atoms with E-state index in [1.165, 1.54) is 31.2 Å². The number of nitrogens with one attached hydrogen (secondary N) is 1. The lowest BCUT2D eigenvalue weighted by molar-refractivity contribution is -0.138. The van der Waals surface area contributed by atoms with Crippen LogP contribution in [0.4, 0.5) is 0 Å². The van der Waals surface area contributed by atoms with Gasteiger partial charge >= 0.3 is 0 Å². The van der Waals surface area contributed by atoms with Gasteiger partial charge in [0.05, 0.1) is 12.1 Å². The van der Waals surface area contributed by atoms with Crippen LogP contribution in [0.2, 0.25) is 0 Å². The summed E-state index contributed by atoms with van der Waals surface area (Å²) < 4.78 is 1.83. The molecule has 0 spiro atoms. The summed E-state index contributed by atoms with van der Waals surface area (Å²) in [6.45, 7) is 3.95. The molecular weight excluding hydrogens is 312 g/mol. The molecule has 1 aromatic rings. The number of carbonyl (C=O) groups is 1. The van der Waals surface area contributed by atoms with E-state index >= 15 is 0 Å². The van der Waals surface area contributed by atoms with Gasteiger partial charge in [-0.1, -0.05) is 0 Å². The Balaban J connectivity index is 0.00000156. The number of aryl methyl sites for hydroxylation is 1. The maximum Gasteiger partial charge on any atom is 0.228 e. The molecule has 6 heteroatoms. The van der Waals surface area contributed by atoms with Crippen molar-refractivity contribution in [3.05, 3.63) is 18.0 Å². The zero-order valence-electron chi connectivity index (χ0n) is 13.9. The summed E-state index contributed by atoms with van der Waals surface area (Å²) in [5.74, 6) is 1.47. The molecule has 1 aromatic heterocycles. The molecule has 1 saturated heterocycles. The van der Waals surface area contributed by atoms with Crippen LogP contribution in [0.3, 0.4) is 0 Å². The van der Waals surface area contributed by atoms with E-state index in [0.717, 1.165) is 19.0 Å². The number of aromatic nitrogens is 2. The average Bonchev–Trinajstić information content (AvgIpc) is 3.41. The van der Waals surface area contributed by atoms with Crippen molar-refractivity contribution < 1.29 is 4.79 Å². The van der Waals surface area contributed by atoms with Gasteiger partial charge in [0, 0.05) is 44.3 Å². The highest BCUT2D eigenvalue weighted by molar-refractivity contribution is 5.85. The fourth-order valence-corrected chi connectivity index (χ4v) is 3.98. The molecule has 3 atom stereocenters. The first-order valence-electron chi connectivity index (χ1n) is 8.66. The van der Waals surface area contributed by atoms with Gasteiger partial charge in [0.2, 0.25) is 5.91 Å². The van der Waals surface area contributed by atoms with Crippen molar-refractivity contribution >= 4 is 18.3 Å². The van der Waals surface area contributed by atoms with Crippen molar-refractivity contribution in [2.45, 2.75) is 50.6 Å². The normalized spacial score (nSPS) is 28.3. The maximum atomic E-state index is 13.2. The molecule has 2 saturated carbocycles. The second-order valence-electron chi connectivity index (χ2n) is 7.37. The van der Waals surface area contributed by atoms with Gasteiger partial charge in [-0.25, -0.2) is 0 Å². The quantitative estimate of drug-likeness (QED) is 0.892. The fourth-order valence-electron chi connectivity index (χ4n) is 3.98. The first-order chi connectivity index (χ1) is 10.6. The fraction of sp³-hybridized carbons (Fsp3) is 0.765. The van der Waals surface area contributed by atoms with Crippen LogP contribution >= 0.6 is 12.4 Å². The summed E-state index contributed by atoms with van der Waals surface area (Å²) in [5.41, 5.74) is 1.20. The molecule has 0 bridgehead atoms. The van der Waals surface area contributed by atoms with Crippen LogP contribution < -0.4 is 5.32 Å². The summed E-state index contributed by atoms with van der Waals surface area (Å²) in [4.78, 5) is 15.5. The minimum atomic E-state index is 0. The van der Waals surface area contributed by atoms with Crippen molar-refractivity contribution in [1.29, 1.82) is 0 Å². The number of carbonyl (C=O) groups excluding carboxylic acids is 1. The van der Waals surface area contributed by atoms with Gasteiger partial charge in [0.25, 0.3) is 0 Å². The van der Waals surface area contributed by atoms with Crippen LogP contribution in [-0.4, -0.2) is 45.8 Å². The largest absolute Gasteiger partial charge is 0.336 e. The molecular formula is C17H27ClN4O. The number of hydrogen-bond acceptors (Lipinski definition) is 3. The Morgan fingerprint density at radius 2 is 2.09 bits per heavy atom. The summed E-state index contributed by atoms with van der Waals surface area (Å²) in [7, 11) is 1.94. The minimum Gasteiger partial charge on any atom is -0.336 e. The van der Waals surface area contributed by atoms with E-state index in [1.54, 1.807) is 0 Å². The SMILES string of the molecule is CC(C1CC1)N(C(=O)[C@H]1CNC[C@@H]1c1cnn(C)c1)C1CC1.Cl. The van der Waals surface area contributed by atoms with Crippen LogP contribution in [0, 0.1) is 11.8 Å². The Hall–Kier alpha value is -1.07. The minimum absolute atomic E-state index is 0. The molecule has 0 radical (unpaired) electrons. The van der Waals surface area contributed by atoms with E-state index in [9.17, 15) is 4.79 Å². The van der Waals surface area contributed by atoms with Crippen molar-refractivity contribution in [2.75, 3.05) is 13.1 Å². The Bertz CT molecular complexity index is 567. The van der Waals surface area contributed by atoms with E-state index in [4.69, 9.17) is 0 Å². The molecule has 5 nitrogen and oxygen atoms in total. The monoisotopic (exact) mass is 338 g/mol. The third kappa shape index (κ3) is 3.26. The highest BCUT2D eigenvalue weighted by atomic mass is 35.5. The van der Waals surface area contributed by atoms with Gasteiger partial charge in [-0.3, -0.25) is 9.48 Å². The van der Waals surface area contributed by atoms with Crippen molar-refractivity contribution in [1.82, 2.24) is 20.0 Å². The molecule has 3 fully saturated rings. The number of halogens is 1. The molecule has 1 aliphatic heterocycles. The van der Waals surface area contributed by atoms with Crippen LogP contribution in [0.25, 0.3) is 0 Å². The molecule has 23 heavy (non-hydrogen) atoms. The van der Waals surface area contributed by atoms with Crippen molar-refractivity contribution in [2.24, 2.45) is 18.9 Å². The van der Waals surface area contributed by atoms with Crippen LogP contribution in [0.5, 0.6) is 0 Å². The number of nitrogens with zero attached hydrogens (tertiary/aromatic N) is 3. The molecule has 2 heterocycles. The van der Waals surface area contributed by atoms with E-state index < -0.39 is 0 Å². The first kappa shape index (κ1) is 16.8.